The molecular formula is C19H26ClN5O3S. The number of ether oxygens (including phenoxy) is 1. The van der Waals surface area contributed by atoms with Gasteiger partial charge >= 0.3 is 0 Å². The van der Waals surface area contributed by atoms with Crippen LogP contribution in [-0.4, -0.2) is 39.4 Å². The average molecular weight is 440 g/mol. The maximum absolute atomic E-state index is 12.3. The van der Waals surface area contributed by atoms with Crippen LogP contribution in [0.3, 0.4) is 0 Å². The molecular weight excluding hydrogens is 414 g/mol. The monoisotopic (exact) mass is 439 g/mol. The third-order valence-electron chi connectivity index (χ3n) is 3.93. The van der Waals surface area contributed by atoms with E-state index >= 15 is 0 Å². The Hall–Kier alpha value is -2.26. The summed E-state index contributed by atoms with van der Waals surface area (Å²) in [6.45, 7) is 4.92. The third-order valence-corrected chi connectivity index (χ3v) is 5.14. The Morgan fingerprint density at radius 2 is 2.07 bits per heavy atom. The molecule has 1 heterocycles. The molecule has 0 bridgehead atoms. The van der Waals surface area contributed by atoms with Crippen LogP contribution < -0.4 is 15.8 Å². The van der Waals surface area contributed by atoms with Crippen LogP contribution in [0.5, 0.6) is 5.75 Å². The van der Waals surface area contributed by atoms with E-state index in [1.165, 1.54) is 18.9 Å². The Bertz CT molecular complexity index is 856. The number of aromatic nitrogens is 3. The Balaban J connectivity index is 1.96. The molecule has 0 aliphatic heterocycles. The maximum atomic E-state index is 12.3. The molecule has 0 aliphatic rings. The van der Waals surface area contributed by atoms with Crippen LogP contribution in [-0.2, 0) is 22.6 Å². The minimum Gasteiger partial charge on any atom is -0.495 e. The van der Waals surface area contributed by atoms with Crippen LogP contribution in [0, 0.1) is 5.92 Å². The van der Waals surface area contributed by atoms with Crippen LogP contribution in [0.15, 0.2) is 23.4 Å². The van der Waals surface area contributed by atoms with Gasteiger partial charge in [0.25, 0.3) is 0 Å². The van der Waals surface area contributed by atoms with Gasteiger partial charge in [-0.05, 0) is 24.1 Å². The highest BCUT2D eigenvalue weighted by atomic mass is 35.5. The molecule has 0 saturated carbocycles. The summed E-state index contributed by atoms with van der Waals surface area (Å²) in [4.78, 5) is 23.4. The summed E-state index contributed by atoms with van der Waals surface area (Å²) in [6.07, 6.45) is 0.959. The molecule has 1 aromatic heterocycles. The van der Waals surface area contributed by atoms with Crippen molar-refractivity contribution in [2.24, 2.45) is 11.7 Å². The number of anilines is 1. The summed E-state index contributed by atoms with van der Waals surface area (Å²) in [5, 5.41) is 12.5. The number of nitrogens with zero attached hydrogens (tertiary/aromatic N) is 3. The number of carbonyl (C=O) groups excluding carboxylic acids is 2. The number of halogens is 1. The van der Waals surface area contributed by atoms with Crippen molar-refractivity contribution < 1.29 is 14.3 Å². The summed E-state index contributed by atoms with van der Waals surface area (Å²) in [5.41, 5.74) is 5.78. The first-order chi connectivity index (χ1) is 13.8. The molecule has 0 fully saturated rings. The van der Waals surface area contributed by atoms with Gasteiger partial charge in [-0.25, -0.2) is 0 Å². The maximum Gasteiger partial charge on any atom is 0.225 e. The van der Waals surface area contributed by atoms with Gasteiger partial charge in [-0.15, -0.1) is 10.2 Å². The van der Waals surface area contributed by atoms with E-state index in [9.17, 15) is 9.59 Å². The van der Waals surface area contributed by atoms with E-state index in [0.29, 0.717) is 34.6 Å². The fraction of sp³-hybridized carbons (Fsp3) is 0.474. The van der Waals surface area contributed by atoms with Crippen molar-refractivity contribution in [3.63, 3.8) is 0 Å². The number of primary amides is 1. The van der Waals surface area contributed by atoms with Gasteiger partial charge in [0.05, 0.1) is 12.8 Å². The molecule has 2 rings (SSSR count). The molecule has 158 valence electrons. The van der Waals surface area contributed by atoms with Gasteiger partial charge in [-0.2, -0.15) is 0 Å². The number of carbonyl (C=O) groups is 2. The van der Waals surface area contributed by atoms with Gasteiger partial charge in [-0.1, -0.05) is 37.2 Å². The second-order valence-electron chi connectivity index (χ2n) is 6.86. The number of amides is 2. The van der Waals surface area contributed by atoms with Crippen LogP contribution in [0.25, 0.3) is 0 Å². The predicted octanol–water partition coefficient (Wildman–Crippen LogP) is 3.13. The third kappa shape index (κ3) is 7.25. The number of hydrogen-bond acceptors (Lipinski definition) is 6. The minimum absolute atomic E-state index is 0.151. The molecule has 8 nitrogen and oxygen atoms in total. The lowest BCUT2D eigenvalue weighted by molar-refractivity contribution is -0.118. The van der Waals surface area contributed by atoms with Crippen molar-refractivity contribution in [1.82, 2.24) is 14.8 Å². The second kappa shape index (κ2) is 11.1. The molecule has 2 amide bonds. The zero-order valence-electron chi connectivity index (χ0n) is 16.8. The van der Waals surface area contributed by atoms with E-state index in [2.05, 4.69) is 29.4 Å². The molecule has 0 unspecified atom stereocenters. The van der Waals surface area contributed by atoms with E-state index < -0.39 is 0 Å². The van der Waals surface area contributed by atoms with E-state index in [4.69, 9.17) is 22.1 Å². The van der Waals surface area contributed by atoms with Crippen LogP contribution in [0.4, 0.5) is 5.69 Å². The number of benzene rings is 1. The quantitative estimate of drug-likeness (QED) is 0.520. The van der Waals surface area contributed by atoms with E-state index in [0.717, 1.165) is 17.5 Å². The first kappa shape index (κ1) is 23.0. The van der Waals surface area contributed by atoms with Gasteiger partial charge in [-0.3, -0.25) is 9.59 Å². The van der Waals surface area contributed by atoms with Gasteiger partial charge in [0.1, 0.15) is 11.6 Å². The highest BCUT2D eigenvalue weighted by molar-refractivity contribution is 7.99. The zero-order valence-corrected chi connectivity index (χ0v) is 18.3. The Morgan fingerprint density at radius 3 is 2.72 bits per heavy atom. The zero-order chi connectivity index (χ0) is 21.4. The van der Waals surface area contributed by atoms with Crippen molar-refractivity contribution in [2.75, 3.05) is 18.2 Å². The SMILES string of the molecule is COc1ccc(Cl)cc1NC(=O)CCSc1nnc(CCC(N)=O)n1CC(C)C. The van der Waals surface area contributed by atoms with Gasteiger partial charge in [0, 0.05) is 36.6 Å². The summed E-state index contributed by atoms with van der Waals surface area (Å²) >= 11 is 7.44. The Kier molecular flexibility index (Phi) is 8.78. The normalized spacial score (nSPS) is 10.9. The fourth-order valence-corrected chi connectivity index (χ4v) is 3.70. The molecule has 1 aromatic carbocycles. The Labute approximate surface area is 179 Å². The number of rotatable bonds is 11. The highest BCUT2D eigenvalue weighted by Crippen LogP contribution is 2.28. The van der Waals surface area contributed by atoms with Crippen LogP contribution >= 0.6 is 23.4 Å². The molecule has 3 N–H and O–H groups in total. The second-order valence-corrected chi connectivity index (χ2v) is 8.36. The lowest BCUT2D eigenvalue weighted by Gasteiger charge is -2.12. The largest absolute Gasteiger partial charge is 0.495 e. The number of aryl methyl sites for hydroxylation is 1. The molecule has 29 heavy (non-hydrogen) atoms. The number of nitrogens with one attached hydrogen (secondary N) is 1. The summed E-state index contributed by atoms with van der Waals surface area (Å²) in [7, 11) is 1.53. The molecule has 10 heteroatoms. The van der Waals surface area contributed by atoms with E-state index in [-0.39, 0.29) is 24.7 Å². The number of hydrogen-bond donors (Lipinski definition) is 2. The lowest BCUT2D eigenvalue weighted by Crippen LogP contribution is -2.15. The van der Waals surface area contributed by atoms with Crippen molar-refractivity contribution in [3.8, 4) is 5.75 Å². The number of thioether (sulfide) groups is 1. The Morgan fingerprint density at radius 1 is 1.31 bits per heavy atom. The van der Waals surface area contributed by atoms with Crippen molar-refractivity contribution >= 4 is 40.9 Å². The standard InChI is InChI=1S/C19H26ClN5O3S/c1-12(2)11-25-17(7-6-16(21)26)23-24-19(25)29-9-8-18(27)22-14-10-13(20)4-5-15(14)28-3/h4-5,10,12H,6-9,11H2,1-3H3,(H2,21,26)(H,22,27). The van der Waals surface area contributed by atoms with E-state index in [1.54, 1.807) is 18.2 Å². The smallest absolute Gasteiger partial charge is 0.225 e. The average Bonchev–Trinajstić information content (AvgIpc) is 3.01. The molecule has 0 atom stereocenters. The first-order valence-electron chi connectivity index (χ1n) is 9.26. The van der Waals surface area contributed by atoms with Gasteiger partial charge < -0.3 is 20.4 Å². The lowest BCUT2D eigenvalue weighted by atomic mass is 10.2. The molecule has 0 spiro atoms. The molecule has 0 radical (unpaired) electrons. The number of methoxy groups -OCH3 is 1. The van der Waals surface area contributed by atoms with Gasteiger partial charge in [0.15, 0.2) is 5.16 Å². The fourth-order valence-electron chi connectivity index (χ4n) is 2.62. The summed E-state index contributed by atoms with van der Waals surface area (Å²) in [5.74, 6) is 1.67. The van der Waals surface area contributed by atoms with Crippen LogP contribution in [0.1, 0.15) is 32.5 Å². The van der Waals surface area contributed by atoms with Crippen molar-refractivity contribution in [3.05, 3.63) is 29.0 Å². The van der Waals surface area contributed by atoms with Crippen molar-refractivity contribution in [2.45, 2.75) is 44.8 Å². The van der Waals surface area contributed by atoms with Gasteiger partial charge in [0.2, 0.25) is 11.8 Å². The van der Waals surface area contributed by atoms with E-state index in [1.807, 2.05) is 4.57 Å². The first-order valence-corrected chi connectivity index (χ1v) is 10.6. The topological polar surface area (TPSA) is 112 Å². The highest BCUT2D eigenvalue weighted by Gasteiger charge is 2.15. The van der Waals surface area contributed by atoms with Crippen molar-refractivity contribution in [1.29, 1.82) is 0 Å². The summed E-state index contributed by atoms with van der Waals surface area (Å²) < 4.78 is 7.23. The minimum atomic E-state index is -0.369. The molecule has 0 saturated heterocycles. The molecule has 2 aromatic rings. The predicted molar refractivity (Wildman–Crippen MR) is 114 cm³/mol. The number of nitrogens with two attached hydrogens (primary N) is 1. The molecule has 0 aliphatic carbocycles. The summed E-state index contributed by atoms with van der Waals surface area (Å²) in [6, 6.07) is 5.05. The van der Waals surface area contributed by atoms with Crippen LogP contribution in [0.2, 0.25) is 5.02 Å².